The third-order valence-electron chi connectivity index (χ3n) is 8.96. The van der Waals surface area contributed by atoms with Gasteiger partial charge in [-0.15, -0.1) is 9.24 Å². The van der Waals surface area contributed by atoms with Crippen LogP contribution in [-0.4, -0.2) is 53.4 Å². The number of fused-ring (bicyclic) bond motifs is 1. The van der Waals surface area contributed by atoms with Crippen LogP contribution in [0.4, 0.5) is 0 Å². The van der Waals surface area contributed by atoms with Gasteiger partial charge in [0.15, 0.2) is 11.4 Å². The van der Waals surface area contributed by atoms with E-state index in [1.54, 1.807) is 13.0 Å². The monoisotopic (exact) mass is 581 g/mol. The van der Waals surface area contributed by atoms with E-state index in [-0.39, 0.29) is 37.4 Å². The Hall–Kier alpha value is -2.37. The first kappa shape index (κ1) is 33.1. The average Bonchev–Trinajstić information content (AvgIpc) is 2.96. The molecule has 0 bridgehead atoms. The number of aliphatic hydroxyl groups excluding tert-OH is 1. The van der Waals surface area contributed by atoms with Gasteiger partial charge < -0.3 is 20.3 Å². The first-order valence-corrected chi connectivity index (χ1v) is 15.5. The summed E-state index contributed by atoms with van der Waals surface area (Å²) in [5.74, 6) is -1.10. The van der Waals surface area contributed by atoms with Gasteiger partial charge in [-0.05, 0) is 103 Å². The van der Waals surface area contributed by atoms with Crippen molar-refractivity contribution in [2.24, 2.45) is 5.92 Å². The molecule has 0 radical (unpaired) electrons. The van der Waals surface area contributed by atoms with E-state index in [1.165, 1.54) is 33.1 Å². The average molecular weight is 582 g/mol. The number of cyclic esters (lactones) is 1. The number of benzene rings is 1. The van der Waals surface area contributed by atoms with Crippen LogP contribution in [0.5, 0.6) is 0 Å². The van der Waals surface area contributed by atoms with Crippen LogP contribution < -0.4 is 10.6 Å². The number of rotatable bonds is 11. The molecule has 1 aromatic rings. The molecule has 2 aliphatic rings. The molecule has 41 heavy (non-hydrogen) atoms. The Morgan fingerprint density at radius 3 is 2.59 bits per heavy atom. The Balaban J connectivity index is 2.27. The highest BCUT2D eigenvalue weighted by Gasteiger charge is 2.45. The summed E-state index contributed by atoms with van der Waals surface area (Å²) < 4.78 is 5.31. The van der Waals surface area contributed by atoms with E-state index in [2.05, 4.69) is 48.0 Å². The van der Waals surface area contributed by atoms with Gasteiger partial charge in [-0.3, -0.25) is 4.79 Å². The van der Waals surface area contributed by atoms with E-state index in [4.69, 9.17) is 4.74 Å². The van der Waals surface area contributed by atoms with E-state index in [0.29, 0.717) is 24.1 Å². The predicted molar refractivity (Wildman–Crippen MR) is 170 cm³/mol. The van der Waals surface area contributed by atoms with Gasteiger partial charge in [0.05, 0.1) is 6.61 Å². The van der Waals surface area contributed by atoms with Gasteiger partial charge in [0.25, 0.3) is 0 Å². The highest BCUT2D eigenvalue weighted by Crippen LogP contribution is 2.42. The number of Topliss-reactive ketones (excluding diaryl/α,β-unsaturated/α-hetero) is 1. The zero-order valence-electron chi connectivity index (χ0n) is 25.9. The van der Waals surface area contributed by atoms with Crippen LogP contribution >= 0.6 is 9.24 Å². The minimum atomic E-state index is -1.90. The second kappa shape index (κ2) is 13.7. The number of carbonyl (C=O) groups is 2. The maximum Gasteiger partial charge on any atom is 0.343 e. The van der Waals surface area contributed by atoms with Crippen LogP contribution in [0.25, 0.3) is 5.57 Å². The summed E-state index contributed by atoms with van der Waals surface area (Å²) in [5, 5.41) is 25.9. The van der Waals surface area contributed by atoms with E-state index in [1.807, 2.05) is 20.8 Å². The summed E-state index contributed by atoms with van der Waals surface area (Å²) in [6.07, 6.45) is 5.07. The van der Waals surface area contributed by atoms with Crippen LogP contribution in [-0.2, 0) is 20.7 Å². The second-order valence-corrected chi connectivity index (χ2v) is 12.1. The molecule has 224 valence electrons. The fourth-order valence-electron chi connectivity index (χ4n) is 6.14. The zero-order valence-corrected chi connectivity index (χ0v) is 27.0. The minimum Gasteiger partial charge on any atom is -0.458 e. The largest absolute Gasteiger partial charge is 0.458 e. The number of carbonyl (C=O) groups excluding carboxylic acids is 2. The lowest BCUT2D eigenvalue weighted by Gasteiger charge is -2.35. The third kappa shape index (κ3) is 6.37. The lowest BCUT2D eigenvalue weighted by Crippen LogP contribution is -2.46. The van der Waals surface area contributed by atoms with Crippen LogP contribution in [0.3, 0.4) is 0 Å². The van der Waals surface area contributed by atoms with Gasteiger partial charge in [-0.1, -0.05) is 46.4 Å². The van der Waals surface area contributed by atoms with Gasteiger partial charge in [-0.25, -0.2) is 4.79 Å². The summed E-state index contributed by atoms with van der Waals surface area (Å²) in [5.41, 5.74) is 7.67. The van der Waals surface area contributed by atoms with Crippen LogP contribution in [0.1, 0.15) is 82.6 Å². The van der Waals surface area contributed by atoms with Crippen molar-refractivity contribution >= 4 is 31.9 Å². The Labute approximate surface area is 248 Å². The third-order valence-corrected chi connectivity index (χ3v) is 9.56. The number of ketones is 1. The molecule has 1 heterocycles. The van der Waals surface area contributed by atoms with E-state index in [0.717, 1.165) is 36.0 Å². The molecule has 4 atom stereocenters. The summed E-state index contributed by atoms with van der Waals surface area (Å²) in [6, 6.07) is 2.25. The molecule has 0 saturated carbocycles. The molecule has 3 rings (SSSR count). The highest BCUT2D eigenvalue weighted by molar-refractivity contribution is 7.27. The fraction of sp³-hybridized carbons (Fsp3) is 0.529. The Morgan fingerprint density at radius 2 is 2.00 bits per heavy atom. The van der Waals surface area contributed by atoms with Crippen molar-refractivity contribution in [3.8, 4) is 0 Å². The zero-order chi connectivity index (χ0) is 30.6. The molecule has 1 aliphatic carbocycles. The lowest BCUT2D eigenvalue weighted by atomic mass is 9.75. The van der Waals surface area contributed by atoms with Crippen molar-refractivity contribution < 1.29 is 24.5 Å². The molecule has 0 spiro atoms. The fourth-order valence-corrected chi connectivity index (χ4v) is 6.57. The van der Waals surface area contributed by atoms with E-state index < -0.39 is 11.6 Å². The number of allylic oxidation sites excluding steroid dienone is 3. The van der Waals surface area contributed by atoms with E-state index in [9.17, 15) is 19.8 Å². The molecule has 0 amide bonds. The smallest absolute Gasteiger partial charge is 0.343 e. The number of esters is 1. The maximum atomic E-state index is 13.4. The second-order valence-electron chi connectivity index (χ2n) is 11.4. The van der Waals surface area contributed by atoms with Gasteiger partial charge in [0.1, 0.15) is 6.61 Å². The molecule has 0 fully saturated rings. The molecular formula is C34H48NO5P. The SMILES string of the molecule is C=C(/C(C)=C/C1=C(C(=O)C(C)CC)COC(=O)C1(O)CC)/C(CC)=C1\c2c(C)cc(P)c(C)c2CCC1NCCO. The van der Waals surface area contributed by atoms with Crippen molar-refractivity contribution in [2.45, 2.75) is 92.2 Å². The Kier molecular flexibility index (Phi) is 11.1. The van der Waals surface area contributed by atoms with Gasteiger partial charge in [-0.2, -0.15) is 0 Å². The molecule has 0 aromatic heterocycles. The number of hydrogen-bond acceptors (Lipinski definition) is 6. The number of nitrogens with one attached hydrogen (secondary N) is 1. The Morgan fingerprint density at radius 1 is 1.32 bits per heavy atom. The molecule has 1 aliphatic heterocycles. The number of ether oxygens (including phenoxy) is 1. The van der Waals surface area contributed by atoms with Gasteiger partial charge >= 0.3 is 5.97 Å². The van der Waals surface area contributed by atoms with E-state index >= 15 is 0 Å². The van der Waals surface area contributed by atoms with Crippen LogP contribution in [0.2, 0.25) is 0 Å². The summed E-state index contributed by atoms with van der Waals surface area (Å²) in [7, 11) is 2.86. The van der Waals surface area contributed by atoms with Crippen molar-refractivity contribution in [3.63, 3.8) is 0 Å². The first-order valence-electron chi connectivity index (χ1n) is 14.9. The van der Waals surface area contributed by atoms with Crippen molar-refractivity contribution in [3.05, 3.63) is 68.8 Å². The summed E-state index contributed by atoms with van der Waals surface area (Å²) in [6.45, 7) is 18.8. The topological polar surface area (TPSA) is 95.9 Å². The predicted octanol–water partition coefficient (Wildman–Crippen LogP) is 4.98. The first-order chi connectivity index (χ1) is 19.4. The highest BCUT2D eigenvalue weighted by atomic mass is 31.0. The minimum absolute atomic E-state index is 0.0431. The Bertz CT molecular complexity index is 1320. The van der Waals surface area contributed by atoms with Crippen molar-refractivity contribution in [1.82, 2.24) is 5.32 Å². The molecule has 0 saturated heterocycles. The quantitative estimate of drug-likeness (QED) is 0.194. The van der Waals surface area contributed by atoms with Crippen molar-refractivity contribution in [2.75, 3.05) is 19.8 Å². The standard InChI is InChI=1S/C34H48NO5P/c1-9-19(4)32(37)26-18-40-33(38)34(39,11-3)27(26)16-20(5)22(7)24(10-2)31-28(35-14-15-36)13-12-25-23(8)29(41)17-21(6)30(25)31/h16-17,19,28,35-36,39H,7,9-15,18,41H2,1-6,8H3/b20-16+,31-24-. The molecule has 4 unspecified atom stereocenters. The number of hydrogen-bond donors (Lipinski definition) is 3. The maximum absolute atomic E-state index is 13.4. The lowest BCUT2D eigenvalue weighted by molar-refractivity contribution is -0.163. The van der Waals surface area contributed by atoms with Gasteiger partial charge in [0, 0.05) is 29.7 Å². The molecule has 3 N–H and O–H groups in total. The molecule has 6 nitrogen and oxygen atoms in total. The summed E-state index contributed by atoms with van der Waals surface area (Å²) >= 11 is 0. The van der Waals surface area contributed by atoms with Crippen LogP contribution in [0, 0.1) is 19.8 Å². The summed E-state index contributed by atoms with van der Waals surface area (Å²) in [4.78, 5) is 26.2. The molecule has 7 heteroatoms. The van der Waals surface area contributed by atoms with Gasteiger partial charge in [0.2, 0.25) is 0 Å². The number of aliphatic hydroxyl groups is 2. The number of aryl methyl sites for hydroxylation is 1. The normalized spacial score (nSPS) is 23.2. The molecule has 1 aromatic carbocycles. The molecular weight excluding hydrogens is 533 g/mol. The van der Waals surface area contributed by atoms with Crippen molar-refractivity contribution in [1.29, 1.82) is 0 Å². The van der Waals surface area contributed by atoms with Crippen LogP contribution in [0.15, 0.2) is 46.6 Å².